The average molecular weight is 263 g/mol. The third-order valence-electron chi connectivity index (χ3n) is 3.62. The van der Waals surface area contributed by atoms with E-state index in [1.54, 1.807) is 10.9 Å². The predicted octanol–water partition coefficient (Wildman–Crippen LogP) is 2.88. The maximum atomic E-state index is 13.9. The molecule has 1 aliphatic carbocycles. The number of benzene rings is 1. The van der Waals surface area contributed by atoms with E-state index in [0.29, 0.717) is 0 Å². The highest BCUT2D eigenvalue weighted by molar-refractivity contribution is 5.38. The van der Waals surface area contributed by atoms with Gasteiger partial charge in [-0.05, 0) is 31.4 Å². The van der Waals surface area contributed by atoms with Gasteiger partial charge in [0.05, 0.1) is 6.20 Å². The largest absolute Gasteiger partial charge is 0.324 e. The fraction of sp³-hybridized carbons (Fsp3) is 0.357. The summed E-state index contributed by atoms with van der Waals surface area (Å²) in [6, 6.07) is 3.48. The molecule has 0 radical (unpaired) electrons. The molecule has 1 atom stereocenters. The van der Waals surface area contributed by atoms with E-state index in [-0.39, 0.29) is 11.7 Å². The lowest BCUT2D eigenvalue weighted by atomic mass is 10.1. The zero-order chi connectivity index (χ0) is 13.4. The first-order chi connectivity index (χ1) is 9.16. The Morgan fingerprint density at radius 1 is 1.26 bits per heavy atom. The summed E-state index contributed by atoms with van der Waals surface area (Å²) in [4.78, 5) is 0. The Bertz CT molecular complexity index is 607. The van der Waals surface area contributed by atoms with Gasteiger partial charge in [-0.1, -0.05) is 6.42 Å². The number of hydrogen-bond donors (Lipinski definition) is 1. The summed E-state index contributed by atoms with van der Waals surface area (Å²) >= 11 is 0. The fourth-order valence-corrected chi connectivity index (χ4v) is 2.62. The summed E-state index contributed by atoms with van der Waals surface area (Å²) in [5.41, 5.74) is 8.28. The van der Waals surface area contributed by atoms with Crippen LogP contribution in [0.3, 0.4) is 0 Å². The van der Waals surface area contributed by atoms with E-state index in [0.717, 1.165) is 43.0 Å². The van der Waals surface area contributed by atoms with Crippen LogP contribution in [-0.2, 0) is 6.42 Å². The molecule has 1 aromatic heterocycles. The summed E-state index contributed by atoms with van der Waals surface area (Å²) in [6.07, 6.45) is 5.51. The maximum Gasteiger partial charge on any atom is 0.151 e. The number of halogens is 2. The molecule has 100 valence electrons. The van der Waals surface area contributed by atoms with Crippen molar-refractivity contribution in [2.24, 2.45) is 5.73 Å². The molecule has 1 heterocycles. The van der Waals surface area contributed by atoms with Gasteiger partial charge >= 0.3 is 0 Å². The molecule has 0 amide bonds. The molecule has 2 aromatic rings. The van der Waals surface area contributed by atoms with Gasteiger partial charge in [0.2, 0.25) is 0 Å². The van der Waals surface area contributed by atoms with E-state index in [2.05, 4.69) is 5.10 Å². The molecule has 5 heteroatoms. The smallest absolute Gasteiger partial charge is 0.151 e. The first kappa shape index (κ1) is 12.3. The molecule has 0 saturated heterocycles. The zero-order valence-electron chi connectivity index (χ0n) is 10.4. The molecule has 0 fully saturated rings. The van der Waals surface area contributed by atoms with Gasteiger partial charge in [-0.2, -0.15) is 5.10 Å². The minimum absolute atomic E-state index is 0.0465. The molecular weight excluding hydrogens is 248 g/mol. The van der Waals surface area contributed by atoms with Crippen LogP contribution < -0.4 is 5.73 Å². The molecule has 0 spiro atoms. The van der Waals surface area contributed by atoms with Crippen LogP contribution in [0.2, 0.25) is 0 Å². The molecular formula is C14H15F2N3. The predicted molar refractivity (Wildman–Crippen MR) is 68.0 cm³/mol. The second kappa shape index (κ2) is 4.74. The molecule has 0 saturated carbocycles. The minimum atomic E-state index is -0.608. The van der Waals surface area contributed by atoms with E-state index < -0.39 is 11.6 Å². The van der Waals surface area contributed by atoms with Crippen LogP contribution in [-0.4, -0.2) is 9.78 Å². The maximum absolute atomic E-state index is 13.9. The second-order valence-electron chi connectivity index (χ2n) is 4.91. The Labute approximate surface area is 110 Å². The highest BCUT2D eigenvalue weighted by Gasteiger charge is 2.21. The lowest BCUT2D eigenvalue weighted by molar-refractivity contribution is 0.570. The van der Waals surface area contributed by atoms with Gasteiger partial charge in [-0.25, -0.2) is 13.5 Å². The number of hydrogen-bond acceptors (Lipinski definition) is 2. The molecule has 1 unspecified atom stereocenters. The van der Waals surface area contributed by atoms with Crippen molar-refractivity contribution in [2.45, 2.75) is 31.7 Å². The van der Waals surface area contributed by atoms with Crippen molar-refractivity contribution in [1.29, 1.82) is 0 Å². The molecule has 3 rings (SSSR count). The van der Waals surface area contributed by atoms with E-state index in [9.17, 15) is 8.78 Å². The third kappa shape index (κ3) is 2.14. The minimum Gasteiger partial charge on any atom is -0.324 e. The number of rotatable bonds is 1. The summed E-state index contributed by atoms with van der Waals surface area (Å²) in [5.74, 6) is -1.19. The van der Waals surface area contributed by atoms with Gasteiger partial charge in [-0.15, -0.1) is 0 Å². The molecule has 1 aromatic carbocycles. The van der Waals surface area contributed by atoms with Crippen molar-refractivity contribution in [2.75, 3.05) is 0 Å². The molecule has 19 heavy (non-hydrogen) atoms. The van der Waals surface area contributed by atoms with Crippen LogP contribution in [0.5, 0.6) is 0 Å². The Hall–Kier alpha value is -1.75. The summed E-state index contributed by atoms with van der Waals surface area (Å²) < 4.78 is 28.4. The Balaban J connectivity index is 2.11. The first-order valence-corrected chi connectivity index (χ1v) is 6.44. The number of fused-ring (bicyclic) bond motifs is 1. The molecule has 1 aliphatic rings. The van der Waals surface area contributed by atoms with Gasteiger partial charge in [0.25, 0.3) is 0 Å². The van der Waals surface area contributed by atoms with Crippen LogP contribution in [0.1, 0.15) is 36.6 Å². The van der Waals surface area contributed by atoms with Crippen molar-refractivity contribution in [1.82, 2.24) is 9.78 Å². The Morgan fingerprint density at radius 3 is 2.89 bits per heavy atom. The third-order valence-corrected chi connectivity index (χ3v) is 3.62. The molecule has 2 N–H and O–H groups in total. The van der Waals surface area contributed by atoms with Crippen LogP contribution in [0.15, 0.2) is 24.4 Å². The van der Waals surface area contributed by atoms with Crippen molar-refractivity contribution < 1.29 is 8.78 Å². The van der Waals surface area contributed by atoms with Crippen molar-refractivity contribution in [3.8, 4) is 5.69 Å². The summed E-state index contributed by atoms with van der Waals surface area (Å²) in [5, 5.41) is 4.22. The van der Waals surface area contributed by atoms with Gasteiger partial charge in [-0.3, -0.25) is 0 Å². The lowest BCUT2D eigenvalue weighted by Gasteiger charge is -2.10. The summed E-state index contributed by atoms with van der Waals surface area (Å²) in [7, 11) is 0. The molecule has 0 aliphatic heterocycles. The second-order valence-corrected chi connectivity index (χ2v) is 4.91. The Morgan fingerprint density at radius 2 is 2.11 bits per heavy atom. The zero-order valence-corrected chi connectivity index (χ0v) is 10.4. The van der Waals surface area contributed by atoms with Gasteiger partial charge < -0.3 is 5.73 Å². The van der Waals surface area contributed by atoms with Crippen molar-refractivity contribution in [3.63, 3.8) is 0 Å². The van der Waals surface area contributed by atoms with E-state index in [4.69, 9.17) is 5.73 Å². The van der Waals surface area contributed by atoms with Crippen molar-refractivity contribution in [3.05, 3.63) is 47.3 Å². The van der Waals surface area contributed by atoms with Crippen LogP contribution in [0, 0.1) is 11.6 Å². The highest BCUT2D eigenvalue weighted by atomic mass is 19.1. The molecule has 3 nitrogen and oxygen atoms in total. The Kier molecular flexibility index (Phi) is 3.06. The van der Waals surface area contributed by atoms with Crippen LogP contribution in [0.4, 0.5) is 8.78 Å². The van der Waals surface area contributed by atoms with Gasteiger partial charge in [0.1, 0.15) is 11.5 Å². The first-order valence-electron chi connectivity index (χ1n) is 6.44. The number of nitrogens with two attached hydrogens (primary N) is 1. The van der Waals surface area contributed by atoms with Crippen LogP contribution in [0.25, 0.3) is 5.69 Å². The van der Waals surface area contributed by atoms with Gasteiger partial charge in [0, 0.05) is 23.4 Å². The van der Waals surface area contributed by atoms with Crippen LogP contribution >= 0.6 is 0 Å². The molecule has 0 bridgehead atoms. The average Bonchev–Trinajstić information content (AvgIpc) is 2.69. The highest BCUT2D eigenvalue weighted by Crippen LogP contribution is 2.29. The normalized spacial score (nSPS) is 19.0. The van der Waals surface area contributed by atoms with Gasteiger partial charge in [0.15, 0.2) is 5.82 Å². The summed E-state index contributed by atoms with van der Waals surface area (Å²) in [6.45, 7) is 0. The fourth-order valence-electron chi connectivity index (χ4n) is 2.62. The van der Waals surface area contributed by atoms with E-state index in [1.165, 1.54) is 12.1 Å². The van der Waals surface area contributed by atoms with Crippen molar-refractivity contribution >= 4 is 0 Å². The SMILES string of the molecule is NC1CCCCc2c1cnn2-c1ccc(F)cc1F. The topological polar surface area (TPSA) is 43.8 Å². The monoisotopic (exact) mass is 263 g/mol. The lowest BCUT2D eigenvalue weighted by Crippen LogP contribution is -2.10. The number of aromatic nitrogens is 2. The number of nitrogens with zero attached hydrogens (tertiary/aromatic N) is 2. The quantitative estimate of drug-likeness (QED) is 0.804. The standard InChI is InChI=1S/C14H15F2N3/c15-9-5-6-14(11(16)7-9)19-13-4-2-1-3-12(17)10(13)8-18-19/h5-8,12H,1-4,17H2. The van der Waals surface area contributed by atoms with E-state index in [1.807, 2.05) is 0 Å². The van der Waals surface area contributed by atoms with E-state index >= 15 is 0 Å².